The van der Waals surface area contributed by atoms with E-state index in [0.717, 1.165) is 12.8 Å². The molecule has 0 bridgehead atoms. The number of carbonyl (C=O) groups is 2. The summed E-state index contributed by atoms with van der Waals surface area (Å²) in [4.78, 5) is 41.2. The molecule has 1 saturated carbocycles. The lowest BCUT2D eigenvalue weighted by molar-refractivity contribution is -0.124. The molecule has 4 rings (SSSR count). The van der Waals surface area contributed by atoms with Crippen molar-refractivity contribution in [2.45, 2.75) is 44.8 Å². The van der Waals surface area contributed by atoms with Crippen molar-refractivity contribution < 1.29 is 18.0 Å². The Kier molecular flexibility index (Phi) is 8.22. The maximum absolute atomic E-state index is 13.8. The van der Waals surface area contributed by atoms with E-state index < -0.39 is 21.9 Å². The molecule has 1 aromatic heterocycles. The highest BCUT2D eigenvalue weighted by atomic mass is 32.2. The molecule has 2 fully saturated rings. The van der Waals surface area contributed by atoms with E-state index in [1.165, 1.54) is 10.6 Å². The predicted molar refractivity (Wildman–Crippen MR) is 144 cm³/mol. The number of nitrogens with one attached hydrogen (secondary N) is 3. The van der Waals surface area contributed by atoms with Gasteiger partial charge in [-0.15, -0.1) is 0 Å². The number of pyridine rings is 1. The summed E-state index contributed by atoms with van der Waals surface area (Å²) in [5, 5.41) is 5.56. The van der Waals surface area contributed by atoms with E-state index in [4.69, 9.17) is 0 Å². The third kappa shape index (κ3) is 6.25. The van der Waals surface area contributed by atoms with Crippen LogP contribution in [0.5, 0.6) is 0 Å². The van der Waals surface area contributed by atoms with Crippen LogP contribution in [0.25, 0.3) is 0 Å². The molecule has 2 unspecified atom stereocenters. The average Bonchev–Trinajstić information content (AvgIpc) is 3.68. The second-order valence-corrected chi connectivity index (χ2v) is 11.5. The number of benzene rings is 1. The number of aromatic nitrogens is 1. The number of nitrogens with zero attached hydrogens (tertiary/aromatic N) is 3. The maximum Gasteiger partial charge on any atom is 0.277 e. The second-order valence-electron chi connectivity index (χ2n) is 9.79. The minimum atomic E-state index is -3.89. The molecule has 1 aliphatic heterocycles. The van der Waals surface area contributed by atoms with Gasteiger partial charge in [0.2, 0.25) is 22.3 Å². The molecular formula is C26H34N6O5S. The van der Waals surface area contributed by atoms with Crippen molar-refractivity contribution in [1.82, 2.24) is 25.0 Å². The molecule has 0 radical (unpaired) electrons. The van der Waals surface area contributed by atoms with E-state index in [0.29, 0.717) is 35.8 Å². The summed E-state index contributed by atoms with van der Waals surface area (Å²) in [6.45, 7) is 8.40. The van der Waals surface area contributed by atoms with Gasteiger partial charge in [-0.25, -0.2) is 13.3 Å². The first-order valence-corrected chi connectivity index (χ1v) is 14.2. The topological polar surface area (TPSA) is 133 Å². The van der Waals surface area contributed by atoms with Crippen LogP contribution in [0.1, 0.15) is 37.3 Å². The van der Waals surface area contributed by atoms with Crippen molar-refractivity contribution in [3.05, 3.63) is 76.4 Å². The van der Waals surface area contributed by atoms with Crippen molar-refractivity contribution in [3.8, 4) is 0 Å². The summed E-state index contributed by atoms with van der Waals surface area (Å²) in [6.07, 6.45) is 1.94. The molecule has 2 amide bonds. The second kappa shape index (κ2) is 11.4. The third-order valence-corrected chi connectivity index (χ3v) is 8.14. The Morgan fingerprint density at radius 3 is 2.53 bits per heavy atom. The summed E-state index contributed by atoms with van der Waals surface area (Å²) < 4.78 is 29.6. The molecule has 0 spiro atoms. The number of rotatable bonds is 12. The molecule has 204 valence electrons. The average molecular weight is 543 g/mol. The Morgan fingerprint density at radius 2 is 1.87 bits per heavy atom. The van der Waals surface area contributed by atoms with Gasteiger partial charge < -0.3 is 15.5 Å². The molecule has 2 heterocycles. The molecule has 1 aromatic carbocycles. The largest absolute Gasteiger partial charge is 0.355 e. The van der Waals surface area contributed by atoms with Crippen molar-refractivity contribution >= 4 is 28.0 Å². The molecule has 1 saturated heterocycles. The highest BCUT2D eigenvalue weighted by Gasteiger charge is 2.43. The number of anilines is 1. The van der Waals surface area contributed by atoms with Crippen LogP contribution in [0.15, 0.2) is 59.5 Å². The molecule has 3 N–H and O–H groups in total. The lowest BCUT2D eigenvalue weighted by atomic mass is 10.2. The first-order chi connectivity index (χ1) is 18.1. The van der Waals surface area contributed by atoms with E-state index in [-0.39, 0.29) is 36.6 Å². The molecule has 1 aliphatic carbocycles. The summed E-state index contributed by atoms with van der Waals surface area (Å²) >= 11 is 0. The zero-order chi connectivity index (χ0) is 27.4. The van der Waals surface area contributed by atoms with Crippen LogP contribution in [0.3, 0.4) is 0 Å². The number of amides is 2. The Labute approximate surface area is 222 Å². The zero-order valence-corrected chi connectivity index (χ0v) is 22.4. The Balaban J connectivity index is 1.67. The van der Waals surface area contributed by atoms with Crippen LogP contribution in [0.2, 0.25) is 0 Å². The van der Waals surface area contributed by atoms with Crippen molar-refractivity contribution in [2.75, 3.05) is 24.5 Å². The number of carbonyl (C=O) groups excluding carboxylic acids is 2. The molecule has 2 atom stereocenters. The van der Waals surface area contributed by atoms with Gasteiger partial charge in [-0.05, 0) is 50.3 Å². The summed E-state index contributed by atoms with van der Waals surface area (Å²) in [5.41, 5.74) is 1.06. The van der Waals surface area contributed by atoms with Crippen LogP contribution >= 0.6 is 0 Å². The first kappa shape index (κ1) is 27.4. The lowest BCUT2D eigenvalue weighted by Gasteiger charge is -2.34. The van der Waals surface area contributed by atoms with Gasteiger partial charge in [0.25, 0.3) is 5.56 Å². The van der Waals surface area contributed by atoms with Gasteiger partial charge in [-0.1, -0.05) is 36.9 Å². The Hall–Kier alpha value is -3.64. The zero-order valence-electron chi connectivity index (χ0n) is 21.6. The van der Waals surface area contributed by atoms with E-state index in [1.54, 1.807) is 48.2 Å². The van der Waals surface area contributed by atoms with Crippen LogP contribution in [0.4, 0.5) is 5.69 Å². The summed E-state index contributed by atoms with van der Waals surface area (Å²) in [6, 6.07) is 11.4. The predicted octanol–water partition coefficient (Wildman–Crippen LogP) is 1.30. The van der Waals surface area contributed by atoms with Crippen molar-refractivity contribution in [1.29, 1.82) is 0 Å². The number of sulfonamides is 1. The van der Waals surface area contributed by atoms with Gasteiger partial charge in [0, 0.05) is 17.9 Å². The highest BCUT2D eigenvalue weighted by molar-refractivity contribution is 7.91. The molecule has 2 aromatic rings. The van der Waals surface area contributed by atoms with Gasteiger partial charge in [0.1, 0.15) is 5.69 Å². The van der Waals surface area contributed by atoms with Gasteiger partial charge in [-0.3, -0.25) is 23.7 Å². The molecule has 38 heavy (non-hydrogen) atoms. The van der Waals surface area contributed by atoms with Gasteiger partial charge in [0.05, 0.1) is 25.0 Å². The van der Waals surface area contributed by atoms with Crippen molar-refractivity contribution in [3.63, 3.8) is 0 Å². The van der Waals surface area contributed by atoms with Gasteiger partial charge in [0.15, 0.2) is 6.29 Å². The van der Waals surface area contributed by atoms with Crippen molar-refractivity contribution in [2.24, 2.45) is 5.92 Å². The lowest BCUT2D eigenvalue weighted by Crippen LogP contribution is -2.48. The smallest absolute Gasteiger partial charge is 0.277 e. The van der Waals surface area contributed by atoms with Crippen LogP contribution in [-0.2, 0) is 25.4 Å². The number of hydrogen-bond donors (Lipinski definition) is 3. The maximum atomic E-state index is 13.8. The normalized spacial score (nSPS) is 19.8. The van der Waals surface area contributed by atoms with E-state index in [1.807, 2.05) is 11.8 Å². The molecule has 2 aliphatic rings. The van der Waals surface area contributed by atoms with E-state index >= 15 is 0 Å². The quantitative estimate of drug-likeness (QED) is 0.345. The van der Waals surface area contributed by atoms with Gasteiger partial charge >= 0.3 is 0 Å². The van der Waals surface area contributed by atoms with Crippen LogP contribution in [-0.4, -0.2) is 60.9 Å². The fourth-order valence-electron chi connectivity index (χ4n) is 4.59. The minimum Gasteiger partial charge on any atom is -0.355 e. The van der Waals surface area contributed by atoms with Crippen LogP contribution < -0.4 is 20.9 Å². The minimum absolute atomic E-state index is 0.00892. The monoisotopic (exact) mass is 542 g/mol. The summed E-state index contributed by atoms with van der Waals surface area (Å²) in [7, 11) is -3.89. The molecule has 11 nitrogen and oxygen atoms in total. The SMILES string of the molecule is C=C1C(C)N(CC(=O)NCC2CC2)C(n2c(C)ccc(NS(=O)(=O)Cc3ccccc3)c2=O)N1CNC=O. The van der Waals surface area contributed by atoms with Gasteiger partial charge in [-0.2, -0.15) is 0 Å². The highest BCUT2D eigenvalue weighted by Crippen LogP contribution is 2.35. The van der Waals surface area contributed by atoms with E-state index in [2.05, 4.69) is 21.9 Å². The summed E-state index contributed by atoms with van der Waals surface area (Å²) in [5.74, 6) is 0.0396. The molecular weight excluding hydrogens is 508 g/mol. The standard InChI is InChI=1S/C26H34N6O5S/c1-18-9-12-23(29-38(36,37)15-22-7-5-4-6-8-22)25(35)32(18)26-30(14-24(34)28-13-21-10-11-21)19(2)20(3)31(26)16-27-17-33/h4-9,12,17,19,21,26,29H,3,10-11,13-16H2,1-2H3,(H,27,33)(H,28,34). The number of aryl methyl sites for hydroxylation is 1. The fourth-order valence-corrected chi connectivity index (χ4v) is 5.79. The third-order valence-electron chi connectivity index (χ3n) is 6.90. The van der Waals surface area contributed by atoms with Crippen LogP contribution in [0, 0.1) is 12.8 Å². The Morgan fingerprint density at radius 1 is 1.16 bits per heavy atom. The fraction of sp³-hybridized carbons (Fsp3) is 0.423. The molecule has 12 heteroatoms. The first-order valence-electron chi connectivity index (χ1n) is 12.5. The number of hydrogen-bond acceptors (Lipinski definition) is 7. The van der Waals surface area contributed by atoms with E-state index in [9.17, 15) is 22.8 Å². The Bertz CT molecular complexity index is 1360.